The van der Waals surface area contributed by atoms with Crippen molar-refractivity contribution in [3.63, 3.8) is 0 Å². The Morgan fingerprint density at radius 2 is 2.50 bits per heavy atom. The molecule has 0 bridgehead atoms. The van der Waals surface area contributed by atoms with Gasteiger partial charge in [0.2, 0.25) is 0 Å². The zero-order chi connectivity index (χ0) is 6.41. The summed E-state index contributed by atoms with van der Waals surface area (Å²) in [5.74, 6) is 2.41. The Labute approximate surface area is 50.1 Å². The molecule has 0 aliphatic carbocycles. The quantitative estimate of drug-likeness (QED) is 0.417. The van der Waals surface area contributed by atoms with Gasteiger partial charge in [-0.25, -0.2) is 0 Å². The van der Waals surface area contributed by atoms with Gasteiger partial charge in [-0.1, -0.05) is 19.1 Å². The molecule has 0 saturated carbocycles. The minimum absolute atomic E-state index is 0.519. The molecule has 0 aromatic rings. The van der Waals surface area contributed by atoms with E-state index in [2.05, 4.69) is 24.4 Å². The number of hydrogen-bond donors (Lipinski definition) is 1. The van der Waals surface area contributed by atoms with Gasteiger partial charge in [-0.05, 0) is 6.08 Å². The summed E-state index contributed by atoms with van der Waals surface area (Å²) in [6, 6.07) is 0. The first-order chi connectivity index (χ1) is 3.81. The van der Waals surface area contributed by atoms with E-state index in [0.29, 0.717) is 6.54 Å². The highest BCUT2D eigenvalue weighted by molar-refractivity contribution is 5.10. The van der Waals surface area contributed by atoms with Crippen LogP contribution in [0.5, 0.6) is 0 Å². The van der Waals surface area contributed by atoms with Crippen LogP contribution >= 0.6 is 0 Å². The lowest BCUT2D eigenvalue weighted by atomic mass is 10.5. The zero-order valence-corrected chi connectivity index (χ0v) is 4.78. The van der Waals surface area contributed by atoms with Crippen LogP contribution in [0, 0.1) is 12.3 Å². The molecule has 0 amide bonds. The van der Waals surface area contributed by atoms with Gasteiger partial charge >= 0.3 is 0 Å². The van der Waals surface area contributed by atoms with Crippen LogP contribution in [0.4, 0.5) is 0 Å². The van der Waals surface area contributed by atoms with Crippen molar-refractivity contribution in [2.45, 2.75) is 0 Å². The first-order valence-electron chi connectivity index (χ1n) is 2.30. The first kappa shape index (κ1) is 6.84. The number of rotatable bonds is 3. The molecule has 0 aliphatic rings. The molecule has 0 spiro atoms. The number of terminal acetylenes is 1. The molecule has 0 aromatic heterocycles. The van der Waals surface area contributed by atoms with Crippen LogP contribution in [0.25, 0.3) is 0 Å². The van der Waals surface area contributed by atoms with E-state index >= 15 is 0 Å². The topological polar surface area (TPSA) is 12.0 Å². The van der Waals surface area contributed by atoms with Crippen molar-refractivity contribution in [3.8, 4) is 12.3 Å². The summed E-state index contributed by atoms with van der Waals surface area (Å²) in [4.78, 5) is 0. The highest BCUT2D eigenvalue weighted by Crippen LogP contribution is 1.79. The Balaban J connectivity index is 3.28. The van der Waals surface area contributed by atoms with E-state index in [1.54, 1.807) is 6.08 Å². The molecule has 0 aliphatic heterocycles. The van der Waals surface area contributed by atoms with E-state index in [9.17, 15) is 0 Å². The van der Waals surface area contributed by atoms with Crippen LogP contribution in [-0.4, -0.2) is 6.54 Å². The van der Waals surface area contributed by atoms with Crippen molar-refractivity contribution in [1.29, 1.82) is 0 Å². The first-order valence-corrected chi connectivity index (χ1v) is 2.30. The highest BCUT2D eigenvalue weighted by atomic mass is 14.9. The average molecular weight is 107 g/mol. The smallest absolute Gasteiger partial charge is 0.0763 e. The molecule has 1 heteroatoms. The Kier molecular flexibility index (Phi) is 3.43. The molecule has 0 rings (SSSR count). The molecular formula is C7H9N. The SMILES string of the molecule is C#CCNC(=C)C=C. The van der Waals surface area contributed by atoms with Crippen molar-refractivity contribution < 1.29 is 0 Å². The van der Waals surface area contributed by atoms with E-state index in [-0.39, 0.29) is 0 Å². The molecule has 0 saturated heterocycles. The van der Waals surface area contributed by atoms with Gasteiger partial charge in [-0.3, -0.25) is 0 Å². The Morgan fingerprint density at radius 3 is 2.88 bits per heavy atom. The minimum atomic E-state index is 0.519. The molecule has 0 aromatic carbocycles. The predicted octanol–water partition coefficient (Wildman–Crippen LogP) is 0.909. The predicted molar refractivity (Wildman–Crippen MR) is 36.2 cm³/mol. The maximum absolute atomic E-state index is 4.94. The maximum atomic E-state index is 4.94. The fourth-order valence-corrected chi connectivity index (χ4v) is 0.237. The standard InChI is InChI=1S/C7H9N/c1-4-6-8-7(3)5-2/h1,5,8H,2-3,6H2. The Morgan fingerprint density at radius 1 is 1.88 bits per heavy atom. The van der Waals surface area contributed by atoms with Crippen molar-refractivity contribution in [3.05, 3.63) is 24.9 Å². The van der Waals surface area contributed by atoms with E-state index < -0.39 is 0 Å². The van der Waals surface area contributed by atoms with Gasteiger partial charge in [-0.15, -0.1) is 6.42 Å². The number of allylic oxidation sites excluding steroid dienone is 1. The van der Waals surface area contributed by atoms with Gasteiger partial charge in [0.15, 0.2) is 0 Å². The normalized spacial score (nSPS) is 6.88. The monoisotopic (exact) mass is 107 g/mol. The summed E-state index contributed by atoms with van der Waals surface area (Å²) in [5.41, 5.74) is 0.767. The fourth-order valence-electron chi connectivity index (χ4n) is 0.237. The van der Waals surface area contributed by atoms with E-state index in [1.165, 1.54) is 0 Å². The van der Waals surface area contributed by atoms with Gasteiger partial charge in [0.05, 0.1) is 6.54 Å². The molecule has 0 fully saturated rings. The Bertz CT molecular complexity index is 128. The molecule has 0 radical (unpaired) electrons. The van der Waals surface area contributed by atoms with Crippen LogP contribution in [0.1, 0.15) is 0 Å². The minimum Gasteiger partial charge on any atom is -0.375 e. The van der Waals surface area contributed by atoms with Gasteiger partial charge in [0.25, 0.3) is 0 Å². The molecule has 42 valence electrons. The number of hydrogen-bond acceptors (Lipinski definition) is 1. The van der Waals surface area contributed by atoms with Crippen LogP contribution in [0.3, 0.4) is 0 Å². The molecule has 0 heterocycles. The van der Waals surface area contributed by atoms with E-state index in [1.807, 2.05) is 0 Å². The van der Waals surface area contributed by atoms with Crippen LogP contribution in [-0.2, 0) is 0 Å². The second-order valence-corrected chi connectivity index (χ2v) is 1.29. The van der Waals surface area contributed by atoms with Gasteiger partial charge in [0.1, 0.15) is 0 Å². The number of nitrogens with one attached hydrogen (secondary N) is 1. The van der Waals surface area contributed by atoms with Crippen LogP contribution in [0.2, 0.25) is 0 Å². The summed E-state index contributed by atoms with van der Waals surface area (Å²) in [6.45, 7) is 7.59. The van der Waals surface area contributed by atoms with Crippen LogP contribution < -0.4 is 5.32 Å². The summed E-state index contributed by atoms with van der Waals surface area (Å²) in [6.07, 6.45) is 6.57. The van der Waals surface area contributed by atoms with Gasteiger partial charge < -0.3 is 5.32 Å². The van der Waals surface area contributed by atoms with Crippen molar-refractivity contribution >= 4 is 0 Å². The maximum Gasteiger partial charge on any atom is 0.0763 e. The van der Waals surface area contributed by atoms with Gasteiger partial charge in [-0.2, -0.15) is 0 Å². The summed E-state index contributed by atoms with van der Waals surface area (Å²) in [7, 11) is 0. The van der Waals surface area contributed by atoms with Crippen LogP contribution in [0.15, 0.2) is 24.9 Å². The molecule has 1 N–H and O–H groups in total. The lowest BCUT2D eigenvalue weighted by Gasteiger charge is -1.96. The lowest BCUT2D eigenvalue weighted by molar-refractivity contribution is 0.961. The fraction of sp³-hybridized carbons (Fsp3) is 0.143. The summed E-state index contributed by atoms with van der Waals surface area (Å²) >= 11 is 0. The largest absolute Gasteiger partial charge is 0.375 e. The van der Waals surface area contributed by atoms with E-state index in [4.69, 9.17) is 6.42 Å². The second-order valence-electron chi connectivity index (χ2n) is 1.29. The second kappa shape index (κ2) is 4.01. The molecule has 0 unspecified atom stereocenters. The third-order valence-electron chi connectivity index (χ3n) is 0.664. The van der Waals surface area contributed by atoms with Crippen molar-refractivity contribution in [2.24, 2.45) is 0 Å². The Hall–Kier alpha value is -1.16. The third-order valence-corrected chi connectivity index (χ3v) is 0.664. The molecular weight excluding hydrogens is 98.1 g/mol. The zero-order valence-electron chi connectivity index (χ0n) is 4.78. The summed E-state index contributed by atoms with van der Waals surface area (Å²) < 4.78 is 0. The van der Waals surface area contributed by atoms with Crippen molar-refractivity contribution in [2.75, 3.05) is 6.54 Å². The third kappa shape index (κ3) is 3.05. The van der Waals surface area contributed by atoms with E-state index in [0.717, 1.165) is 5.70 Å². The van der Waals surface area contributed by atoms with Gasteiger partial charge in [0, 0.05) is 5.70 Å². The average Bonchev–Trinajstić information content (AvgIpc) is 1.83. The molecule has 8 heavy (non-hydrogen) atoms. The molecule has 0 atom stereocenters. The molecule has 1 nitrogen and oxygen atoms in total. The highest BCUT2D eigenvalue weighted by Gasteiger charge is 1.77. The van der Waals surface area contributed by atoms with Crippen molar-refractivity contribution in [1.82, 2.24) is 5.32 Å². The summed E-state index contributed by atoms with van der Waals surface area (Å²) in [5, 5.41) is 2.83. The lowest BCUT2D eigenvalue weighted by Crippen LogP contribution is -2.09.